The molecule has 0 unspecified atom stereocenters. The Morgan fingerprint density at radius 3 is 2.52 bits per heavy atom. The minimum atomic E-state index is -0.878. The van der Waals surface area contributed by atoms with E-state index in [4.69, 9.17) is 0 Å². The van der Waals surface area contributed by atoms with Crippen molar-refractivity contribution >= 4 is 11.9 Å². The van der Waals surface area contributed by atoms with Crippen LogP contribution in [0, 0.1) is 18.2 Å². The number of amides is 1. The summed E-state index contributed by atoms with van der Waals surface area (Å²) in [7, 11) is 0. The number of aliphatic carboxylic acids is 1. The van der Waals surface area contributed by atoms with Crippen molar-refractivity contribution in [2.75, 3.05) is 6.54 Å². The van der Waals surface area contributed by atoms with Crippen molar-refractivity contribution < 1.29 is 19.1 Å². The van der Waals surface area contributed by atoms with Crippen molar-refractivity contribution in [3.8, 4) is 0 Å². The van der Waals surface area contributed by atoms with E-state index in [1.54, 1.807) is 13.0 Å². The predicted octanol–water partition coefficient (Wildman–Crippen LogP) is 2.90. The molecule has 0 radical (unpaired) electrons. The summed E-state index contributed by atoms with van der Waals surface area (Å²) in [5.41, 5.74) is -0.188. The van der Waals surface area contributed by atoms with Crippen LogP contribution in [0.1, 0.15) is 48.0 Å². The van der Waals surface area contributed by atoms with Gasteiger partial charge < -0.3 is 10.4 Å². The van der Waals surface area contributed by atoms with Gasteiger partial charge in [0.15, 0.2) is 0 Å². The number of aryl methyl sites for hydroxylation is 1. The number of halogens is 1. The lowest BCUT2D eigenvalue weighted by molar-refractivity contribution is -0.150. The van der Waals surface area contributed by atoms with Crippen LogP contribution in [0.4, 0.5) is 4.39 Å². The van der Waals surface area contributed by atoms with Crippen LogP contribution in [0.2, 0.25) is 0 Å². The summed E-state index contributed by atoms with van der Waals surface area (Å²) in [6.07, 6.45) is 3.91. The summed E-state index contributed by atoms with van der Waals surface area (Å²) >= 11 is 0. The zero-order chi connectivity index (χ0) is 15.5. The van der Waals surface area contributed by atoms with Crippen LogP contribution in [0.5, 0.6) is 0 Å². The van der Waals surface area contributed by atoms with Gasteiger partial charge in [-0.3, -0.25) is 9.59 Å². The van der Waals surface area contributed by atoms with E-state index in [1.807, 2.05) is 0 Å². The quantitative estimate of drug-likeness (QED) is 0.897. The first-order chi connectivity index (χ1) is 9.94. The van der Waals surface area contributed by atoms with E-state index in [1.165, 1.54) is 12.1 Å². The standard InChI is InChI=1S/C16H20FNO3/c1-11-5-6-12(9-13(11)17)14(19)18-10-16(15(20)21)7-3-2-4-8-16/h5-6,9H,2-4,7-8,10H2,1H3,(H,18,19)(H,20,21). The molecule has 1 saturated carbocycles. The van der Waals surface area contributed by atoms with E-state index in [-0.39, 0.29) is 12.1 Å². The Bertz CT molecular complexity index is 550. The average molecular weight is 293 g/mol. The molecule has 0 heterocycles. The fourth-order valence-electron chi connectivity index (χ4n) is 2.78. The van der Waals surface area contributed by atoms with E-state index >= 15 is 0 Å². The third-order valence-electron chi connectivity index (χ3n) is 4.29. The second-order valence-corrected chi connectivity index (χ2v) is 5.79. The molecule has 1 aromatic rings. The van der Waals surface area contributed by atoms with Crippen LogP contribution in [0.15, 0.2) is 18.2 Å². The Hall–Kier alpha value is -1.91. The van der Waals surface area contributed by atoms with Crippen molar-refractivity contribution in [3.05, 3.63) is 35.1 Å². The number of carbonyl (C=O) groups excluding carboxylic acids is 1. The molecule has 1 amide bonds. The number of benzene rings is 1. The Morgan fingerprint density at radius 2 is 1.95 bits per heavy atom. The summed E-state index contributed by atoms with van der Waals surface area (Å²) in [6, 6.07) is 4.26. The van der Waals surface area contributed by atoms with Gasteiger partial charge in [-0.05, 0) is 37.5 Å². The maximum absolute atomic E-state index is 13.5. The van der Waals surface area contributed by atoms with Gasteiger partial charge in [-0.15, -0.1) is 0 Å². The zero-order valence-corrected chi connectivity index (χ0v) is 12.1. The molecule has 5 heteroatoms. The Kier molecular flexibility index (Phi) is 4.60. The van der Waals surface area contributed by atoms with Crippen molar-refractivity contribution in [1.82, 2.24) is 5.32 Å². The van der Waals surface area contributed by atoms with Crippen LogP contribution in [0.3, 0.4) is 0 Å². The predicted molar refractivity (Wildman–Crippen MR) is 76.6 cm³/mol. The second-order valence-electron chi connectivity index (χ2n) is 5.79. The number of nitrogens with one attached hydrogen (secondary N) is 1. The minimum absolute atomic E-state index is 0.0939. The number of carboxylic acids is 1. The molecule has 21 heavy (non-hydrogen) atoms. The molecule has 1 aliphatic rings. The normalized spacial score (nSPS) is 17.2. The zero-order valence-electron chi connectivity index (χ0n) is 12.1. The average Bonchev–Trinajstić information content (AvgIpc) is 2.48. The molecule has 0 aromatic heterocycles. The van der Waals surface area contributed by atoms with Crippen LogP contribution in [-0.2, 0) is 4.79 Å². The van der Waals surface area contributed by atoms with Gasteiger partial charge in [-0.25, -0.2) is 4.39 Å². The first kappa shape index (κ1) is 15.5. The van der Waals surface area contributed by atoms with Crippen molar-refractivity contribution in [2.24, 2.45) is 5.41 Å². The molecule has 0 aliphatic heterocycles. The molecular weight excluding hydrogens is 273 g/mol. The number of rotatable bonds is 4. The summed E-state index contributed by atoms with van der Waals surface area (Å²) in [6.45, 7) is 1.72. The Balaban J connectivity index is 2.05. The van der Waals surface area contributed by atoms with Gasteiger partial charge >= 0.3 is 5.97 Å². The molecular formula is C16H20FNO3. The number of hydrogen-bond acceptors (Lipinski definition) is 2. The van der Waals surface area contributed by atoms with Crippen LogP contribution in [-0.4, -0.2) is 23.5 Å². The molecule has 2 N–H and O–H groups in total. The number of carbonyl (C=O) groups is 2. The molecule has 4 nitrogen and oxygen atoms in total. The summed E-state index contributed by atoms with van der Waals surface area (Å²) in [4.78, 5) is 23.6. The maximum atomic E-state index is 13.5. The largest absolute Gasteiger partial charge is 0.481 e. The second kappa shape index (κ2) is 6.24. The lowest BCUT2D eigenvalue weighted by Crippen LogP contribution is -2.44. The molecule has 1 aliphatic carbocycles. The molecule has 114 valence electrons. The van der Waals surface area contributed by atoms with Gasteiger partial charge in [-0.1, -0.05) is 25.3 Å². The van der Waals surface area contributed by atoms with Crippen molar-refractivity contribution in [2.45, 2.75) is 39.0 Å². The SMILES string of the molecule is Cc1ccc(C(=O)NCC2(C(=O)O)CCCCC2)cc1F. The molecule has 2 rings (SSSR count). The highest BCUT2D eigenvalue weighted by atomic mass is 19.1. The highest BCUT2D eigenvalue weighted by molar-refractivity contribution is 5.94. The fourth-order valence-corrected chi connectivity index (χ4v) is 2.78. The smallest absolute Gasteiger partial charge is 0.311 e. The van der Waals surface area contributed by atoms with E-state index < -0.39 is 23.1 Å². The van der Waals surface area contributed by atoms with E-state index in [0.29, 0.717) is 18.4 Å². The highest BCUT2D eigenvalue weighted by Gasteiger charge is 2.39. The number of carboxylic acid groups (broad SMARTS) is 1. The van der Waals surface area contributed by atoms with Gasteiger partial charge in [0.05, 0.1) is 5.41 Å². The van der Waals surface area contributed by atoms with Crippen molar-refractivity contribution in [3.63, 3.8) is 0 Å². The summed E-state index contributed by atoms with van der Waals surface area (Å²) in [5, 5.41) is 12.1. The number of hydrogen-bond donors (Lipinski definition) is 2. The first-order valence-corrected chi connectivity index (χ1v) is 7.22. The first-order valence-electron chi connectivity index (χ1n) is 7.22. The van der Waals surface area contributed by atoms with E-state index in [2.05, 4.69) is 5.32 Å². The van der Waals surface area contributed by atoms with Gasteiger partial charge in [0.2, 0.25) is 0 Å². The summed E-state index contributed by atoms with van der Waals surface area (Å²) in [5.74, 6) is -1.73. The molecule has 0 atom stereocenters. The highest BCUT2D eigenvalue weighted by Crippen LogP contribution is 2.36. The lowest BCUT2D eigenvalue weighted by atomic mass is 9.74. The Labute approximate surface area is 123 Å². The van der Waals surface area contributed by atoms with Gasteiger partial charge in [0, 0.05) is 12.1 Å². The lowest BCUT2D eigenvalue weighted by Gasteiger charge is -2.33. The van der Waals surface area contributed by atoms with E-state index in [9.17, 15) is 19.1 Å². The van der Waals surface area contributed by atoms with Crippen LogP contribution >= 0.6 is 0 Å². The monoisotopic (exact) mass is 293 g/mol. The van der Waals surface area contributed by atoms with Gasteiger partial charge in [0.25, 0.3) is 5.91 Å². The van der Waals surface area contributed by atoms with Gasteiger partial charge in [0.1, 0.15) is 5.82 Å². The third-order valence-corrected chi connectivity index (χ3v) is 4.29. The topological polar surface area (TPSA) is 66.4 Å². The minimum Gasteiger partial charge on any atom is -0.481 e. The Morgan fingerprint density at radius 1 is 1.29 bits per heavy atom. The summed E-state index contributed by atoms with van der Waals surface area (Å²) < 4.78 is 13.5. The van der Waals surface area contributed by atoms with Gasteiger partial charge in [-0.2, -0.15) is 0 Å². The third kappa shape index (κ3) is 3.40. The fraction of sp³-hybridized carbons (Fsp3) is 0.500. The molecule has 0 spiro atoms. The van der Waals surface area contributed by atoms with Crippen LogP contribution in [0.25, 0.3) is 0 Å². The molecule has 1 aromatic carbocycles. The molecule has 0 bridgehead atoms. The van der Waals surface area contributed by atoms with Crippen LogP contribution < -0.4 is 5.32 Å². The van der Waals surface area contributed by atoms with Crippen molar-refractivity contribution in [1.29, 1.82) is 0 Å². The van der Waals surface area contributed by atoms with E-state index in [0.717, 1.165) is 19.3 Å². The maximum Gasteiger partial charge on any atom is 0.311 e. The molecule has 1 fully saturated rings. The molecule has 0 saturated heterocycles.